The molecule has 152 valence electrons. The molecule has 9 heteroatoms. The molecule has 8 nitrogen and oxygen atoms in total. The topological polar surface area (TPSA) is 116 Å². The third-order valence-corrected chi connectivity index (χ3v) is 5.26. The van der Waals surface area contributed by atoms with Crippen molar-refractivity contribution in [1.82, 2.24) is 14.8 Å². The van der Waals surface area contributed by atoms with E-state index in [0.717, 1.165) is 16.8 Å². The first-order valence-electron chi connectivity index (χ1n) is 9.14. The number of nitrogens with two attached hydrogens (primary N) is 1. The molecular weight excluding hydrogens is 390 g/mol. The number of furan rings is 1. The average molecular weight is 414 g/mol. The molecule has 2 heterocycles. The monoisotopic (exact) mass is 413 g/mol. The molecule has 0 aliphatic carbocycles. The van der Waals surface area contributed by atoms with Gasteiger partial charge >= 0.3 is 0 Å². The van der Waals surface area contributed by atoms with Crippen LogP contribution in [-0.2, 0) is 16.1 Å². The van der Waals surface area contributed by atoms with Crippen molar-refractivity contribution in [2.24, 2.45) is 5.73 Å². The highest BCUT2D eigenvalue weighted by molar-refractivity contribution is 7.99. The summed E-state index contributed by atoms with van der Waals surface area (Å²) in [6, 6.07) is 9.40. The minimum absolute atomic E-state index is 0.109. The lowest BCUT2D eigenvalue weighted by atomic mass is 9.98. The lowest BCUT2D eigenvalue weighted by molar-refractivity contribution is -0.118. The molecule has 29 heavy (non-hydrogen) atoms. The predicted molar refractivity (Wildman–Crippen MR) is 112 cm³/mol. The number of aryl methyl sites for hydroxylation is 1. The van der Waals surface area contributed by atoms with Gasteiger partial charge in [0.15, 0.2) is 10.9 Å². The van der Waals surface area contributed by atoms with Gasteiger partial charge in [0.05, 0.1) is 12.0 Å². The largest absolute Gasteiger partial charge is 0.461 e. The zero-order valence-electron chi connectivity index (χ0n) is 16.5. The molecule has 0 fully saturated rings. The van der Waals surface area contributed by atoms with Crippen LogP contribution in [0.15, 0.2) is 46.2 Å². The van der Waals surface area contributed by atoms with Gasteiger partial charge in [-0.1, -0.05) is 43.8 Å². The van der Waals surface area contributed by atoms with E-state index in [9.17, 15) is 9.59 Å². The third kappa shape index (κ3) is 4.86. The van der Waals surface area contributed by atoms with E-state index >= 15 is 0 Å². The van der Waals surface area contributed by atoms with Gasteiger partial charge in [-0.15, -0.1) is 10.2 Å². The van der Waals surface area contributed by atoms with Crippen LogP contribution in [-0.4, -0.2) is 32.3 Å². The molecule has 0 spiro atoms. The van der Waals surface area contributed by atoms with Crippen molar-refractivity contribution in [3.63, 3.8) is 0 Å². The molecule has 3 rings (SSSR count). The van der Waals surface area contributed by atoms with Crippen LogP contribution in [0.4, 0.5) is 5.69 Å². The van der Waals surface area contributed by atoms with E-state index in [2.05, 4.69) is 29.4 Å². The maximum absolute atomic E-state index is 12.6. The van der Waals surface area contributed by atoms with E-state index in [0.29, 0.717) is 16.7 Å². The fourth-order valence-corrected chi connectivity index (χ4v) is 3.67. The van der Waals surface area contributed by atoms with Crippen molar-refractivity contribution in [3.05, 3.63) is 47.7 Å². The first-order valence-corrected chi connectivity index (χ1v) is 10.1. The van der Waals surface area contributed by atoms with Crippen molar-refractivity contribution >= 4 is 29.3 Å². The number of rotatable bonds is 8. The Hall–Kier alpha value is -3.07. The summed E-state index contributed by atoms with van der Waals surface area (Å²) in [5, 5.41) is 11.6. The lowest BCUT2D eigenvalue weighted by Crippen LogP contribution is -2.21. The Kier molecular flexibility index (Phi) is 6.38. The van der Waals surface area contributed by atoms with E-state index in [1.165, 1.54) is 18.0 Å². The number of aromatic nitrogens is 3. The number of carbonyl (C=O) groups excluding carboxylic acids is 2. The van der Waals surface area contributed by atoms with Crippen LogP contribution in [0.5, 0.6) is 0 Å². The summed E-state index contributed by atoms with van der Waals surface area (Å²) in [6.07, 6.45) is 1.51. The number of carbonyl (C=O) groups is 2. The molecule has 2 aromatic heterocycles. The molecule has 0 saturated heterocycles. The highest BCUT2D eigenvalue weighted by Gasteiger charge is 2.19. The van der Waals surface area contributed by atoms with Gasteiger partial charge in [-0.05, 0) is 36.1 Å². The Morgan fingerprint density at radius 2 is 2.03 bits per heavy atom. The standard InChI is InChI=1S/C20H23N5O3S/c1-12(2)14-7-4-6-13(3)18(14)22-17(27)11-29-20-24-23-19(15-8-5-9-28-15)25(20)10-16(21)26/h4-9,12H,10-11H2,1-3H3,(H2,21,26)(H,22,27). The normalized spacial score (nSPS) is 11.0. The van der Waals surface area contributed by atoms with E-state index in [-0.39, 0.29) is 24.1 Å². The number of benzene rings is 1. The Balaban J connectivity index is 1.75. The summed E-state index contributed by atoms with van der Waals surface area (Å²) in [4.78, 5) is 24.1. The van der Waals surface area contributed by atoms with E-state index in [4.69, 9.17) is 10.2 Å². The molecule has 0 radical (unpaired) electrons. The summed E-state index contributed by atoms with van der Waals surface area (Å²) < 4.78 is 6.89. The van der Waals surface area contributed by atoms with Gasteiger partial charge in [0.2, 0.25) is 17.6 Å². The molecule has 0 atom stereocenters. The van der Waals surface area contributed by atoms with Gasteiger partial charge in [-0.2, -0.15) is 0 Å². The number of thioether (sulfide) groups is 1. The van der Waals surface area contributed by atoms with Crippen LogP contribution in [0.1, 0.15) is 30.9 Å². The lowest BCUT2D eigenvalue weighted by Gasteiger charge is -2.16. The van der Waals surface area contributed by atoms with Crippen molar-refractivity contribution in [3.8, 4) is 11.6 Å². The second kappa shape index (κ2) is 8.95. The average Bonchev–Trinajstić information content (AvgIpc) is 3.31. The smallest absolute Gasteiger partial charge is 0.237 e. The number of hydrogen-bond donors (Lipinski definition) is 2. The van der Waals surface area contributed by atoms with Gasteiger partial charge in [0, 0.05) is 5.69 Å². The second-order valence-corrected chi connectivity index (χ2v) is 7.81. The summed E-state index contributed by atoms with van der Waals surface area (Å²) in [7, 11) is 0. The minimum atomic E-state index is -0.537. The van der Waals surface area contributed by atoms with Crippen molar-refractivity contribution in [1.29, 1.82) is 0 Å². The van der Waals surface area contributed by atoms with Gasteiger partial charge < -0.3 is 15.5 Å². The summed E-state index contributed by atoms with van der Waals surface area (Å²) >= 11 is 1.18. The van der Waals surface area contributed by atoms with Gasteiger partial charge in [-0.25, -0.2) is 0 Å². The summed E-state index contributed by atoms with van der Waals surface area (Å²) in [6.45, 7) is 6.03. The van der Waals surface area contributed by atoms with Crippen LogP contribution in [0.25, 0.3) is 11.6 Å². The van der Waals surface area contributed by atoms with E-state index < -0.39 is 5.91 Å². The minimum Gasteiger partial charge on any atom is -0.461 e. The Morgan fingerprint density at radius 3 is 2.69 bits per heavy atom. The zero-order chi connectivity index (χ0) is 21.0. The van der Waals surface area contributed by atoms with Crippen molar-refractivity contribution in [2.45, 2.75) is 38.4 Å². The maximum atomic E-state index is 12.6. The number of amides is 2. The molecule has 0 bridgehead atoms. The highest BCUT2D eigenvalue weighted by atomic mass is 32.2. The molecule has 0 saturated carbocycles. The number of para-hydroxylation sites is 1. The van der Waals surface area contributed by atoms with Crippen LogP contribution in [0, 0.1) is 6.92 Å². The van der Waals surface area contributed by atoms with Crippen LogP contribution >= 0.6 is 11.8 Å². The van der Waals surface area contributed by atoms with Gasteiger partial charge in [0.25, 0.3) is 0 Å². The fourth-order valence-electron chi connectivity index (χ4n) is 2.93. The van der Waals surface area contributed by atoms with Crippen LogP contribution < -0.4 is 11.1 Å². The molecule has 0 unspecified atom stereocenters. The van der Waals surface area contributed by atoms with E-state index in [1.54, 1.807) is 16.7 Å². The van der Waals surface area contributed by atoms with Crippen molar-refractivity contribution < 1.29 is 14.0 Å². The van der Waals surface area contributed by atoms with Crippen LogP contribution in [0.2, 0.25) is 0 Å². The molecular formula is C20H23N5O3S. The molecule has 1 aromatic carbocycles. The Morgan fingerprint density at radius 1 is 1.24 bits per heavy atom. The first kappa shape index (κ1) is 20.7. The third-order valence-electron chi connectivity index (χ3n) is 4.30. The van der Waals surface area contributed by atoms with Crippen molar-refractivity contribution in [2.75, 3.05) is 11.1 Å². The van der Waals surface area contributed by atoms with Gasteiger partial charge in [-0.3, -0.25) is 14.2 Å². The number of anilines is 1. The van der Waals surface area contributed by atoms with E-state index in [1.807, 2.05) is 25.1 Å². The molecule has 0 aliphatic rings. The Labute approximate surface area is 172 Å². The number of nitrogens with zero attached hydrogens (tertiary/aromatic N) is 3. The quantitative estimate of drug-likeness (QED) is 0.548. The summed E-state index contributed by atoms with van der Waals surface area (Å²) in [5.41, 5.74) is 8.29. The first-order chi connectivity index (χ1) is 13.9. The second-order valence-electron chi connectivity index (χ2n) is 6.87. The highest BCUT2D eigenvalue weighted by Crippen LogP contribution is 2.28. The van der Waals surface area contributed by atoms with Crippen LogP contribution in [0.3, 0.4) is 0 Å². The Bertz CT molecular complexity index is 1010. The molecule has 2 amide bonds. The fraction of sp³-hybridized carbons (Fsp3) is 0.300. The SMILES string of the molecule is Cc1cccc(C(C)C)c1NC(=O)CSc1nnc(-c2ccco2)n1CC(N)=O. The number of nitrogens with one attached hydrogen (secondary N) is 1. The predicted octanol–water partition coefficient (Wildman–Crippen LogP) is 3.19. The molecule has 3 N–H and O–H groups in total. The summed E-state index contributed by atoms with van der Waals surface area (Å²) in [5.74, 6) is 0.548. The number of primary amides is 1. The molecule has 0 aliphatic heterocycles. The number of hydrogen-bond acceptors (Lipinski definition) is 6. The molecule has 3 aromatic rings. The maximum Gasteiger partial charge on any atom is 0.237 e. The van der Waals surface area contributed by atoms with Gasteiger partial charge in [0.1, 0.15) is 6.54 Å². The zero-order valence-corrected chi connectivity index (χ0v) is 17.3.